The van der Waals surface area contributed by atoms with Crippen LogP contribution in [-0.2, 0) is 21.4 Å². The average molecular weight is 407 g/mol. The number of carbonyl (C=O) groups is 1. The lowest BCUT2D eigenvalue weighted by molar-refractivity contribution is -0.128. The van der Waals surface area contributed by atoms with Gasteiger partial charge in [0.25, 0.3) is 0 Å². The number of benzene rings is 2. The first-order chi connectivity index (χ1) is 13.2. The van der Waals surface area contributed by atoms with E-state index in [0.29, 0.717) is 18.0 Å². The normalized spacial score (nSPS) is 11.0. The van der Waals surface area contributed by atoms with Crippen LogP contribution in [0.25, 0.3) is 0 Å². The topological polar surface area (TPSA) is 76.2 Å². The summed E-state index contributed by atoms with van der Waals surface area (Å²) in [5, 5.41) is 0. The average Bonchev–Trinajstić information content (AvgIpc) is 2.66. The lowest BCUT2D eigenvalue weighted by Crippen LogP contribution is -2.41. The van der Waals surface area contributed by atoms with Gasteiger partial charge < -0.3 is 14.4 Å². The number of likely N-dealkylation sites (N-methyl/N-ethyl adjacent to an activating group) is 1. The van der Waals surface area contributed by atoms with Crippen LogP contribution in [0.3, 0.4) is 0 Å². The zero-order valence-corrected chi connectivity index (χ0v) is 17.6. The number of rotatable bonds is 8. The summed E-state index contributed by atoms with van der Waals surface area (Å²) in [6.07, 6.45) is 1.05. The monoisotopic (exact) mass is 406 g/mol. The van der Waals surface area contributed by atoms with Crippen molar-refractivity contribution in [1.82, 2.24) is 4.90 Å². The van der Waals surface area contributed by atoms with Crippen molar-refractivity contribution in [2.45, 2.75) is 13.5 Å². The van der Waals surface area contributed by atoms with Gasteiger partial charge in [0.05, 0.1) is 26.2 Å². The Bertz CT molecular complexity index is 926. The largest absolute Gasteiger partial charge is 0.497 e. The molecule has 0 aliphatic heterocycles. The van der Waals surface area contributed by atoms with Gasteiger partial charge in [-0.25, -0.2) is 8.42 Å². The zero-order chi connectivity index (χ0) is 20.9. The fourth-order valence-corrected chi connectivity index (χ4v) is 3.52. The molecule has 2 aromatic rings. The second-order valence-electron chi connectivity index (χ2n) is 6.54. The van der Waals surface area contributed by atoms with Crippen LogP contribution in [0.4, 0.5) is 5.69 Å². The molecule has 0 aliphatic carbocycles. The molecule has 0 heterocycles. The number of nitrogens with zero attached hydrogens (tertiary/aromatic N) is 2. The van der Waals surface area contributed by atoms with Gasteiger partial charge >= 0.3 is 0 Å². The van der Waals surface area contributed by atoms with Crippen molar-refractivity contribution in [3.05, 3.63) is 53.6 Å². The molecule has 0 radical (unpaired) electrons. The molecule has 1 amide bonds. The standard InChI is InChI=1S/C20H26N2O5S/c1-15-6-8-16(9-7-15)13-21(2)20(23)14-22(28(5,24)25)18-12-17(26-3)10-11-19(18)27-4/h6-12H,13-14H2,1-5H3. The van der Waals surface area contributed by atoms with Crippen molar-refractivity contribution in [1.29, 1.82) is 0 Å². The predicted molar refractivity (Wildman–Crippen MR) is 109 cm³/mol. The summed E-state index contributed by atoms with van der Waals surface area (Å²) < 4.78 is 36.3. The Morgan fingerprint density at radius 1 is 1.04 bits per heavy atom. The van der Waals surface area contributed by atoms with Gasteiger partial charge in [0.15, 0.2) is 0 Å². The fourth-order valence-electron chi connectivity index (χ4n) is 2.67. The van der Waals surface area contributed by atoms with E-state index in [4.69, 9.17) is 9.47 Å². The molecule has 0 aromatic heterocycles. The number of aryl methyl sites for hydroxylation is 1. The number of anilines is 1. The molecule has 0 bridgehead atoms. The maximum absolute atomic E-state index is 12.7. The van der Waals surface area contributed by atoms with Gasteiger partial charge in [-0.3, -0.25) is 9.10 Å². The molecule has 0 N–H and O–H groups in total. The summed E-state index contributed by atoms with van der Waals surface area (Å²) in [6.45, 7) is 2.03. The van der Waals surface area contributed by atoms with Crippen LogP contribution in [0.2, 0.25) is 0 Å². The molecule has 152 valence electrons. The third kappa shape index (κ3) is 5.39. The van der Waals surface area contributed by atoms with Crippen molar-refractivity contribution >= 4 is 21.6 Å². The molecule has 0 saturated carbocycles. The van der Waals surface area contributed by atoms with E-state index in [9.17, 15) is 13.2 Å². The Hall–Kier alpha value is -2.74. The summed E-state index contributed by atoms with van der Waals surface area (Å²) in [7, 11) is 0.837. The molecule has 0 atom stereocenters. The minimum atomic E-state index is -3.73. The molecule has 28 heavy (non-hydrogen) atoms. The van der Waals surface area contributed by atoms with E-state index in [1.165, 1.54) is 25.2 Å². The molecule has 2 rings (SSSR count). The number of amides is 1. The van der Waals surface area contributed by atoms with Crippen LogP contribution in [0.15, 0.2) is 42.5 Å². The third-order valence-corrected chi connectivity index (χ3v) is 5.43. The number of carbonyl (C=O) groups excluding carboxylic acids is 1. The number of hydrogen-bond acceptors (Lipinski definition) is 5. The summed E-state index contributed by atoms with van der Waals surface area (Å²) in [5.74, 6) is 0.459. The highest BCUT2D eigenvalue weighted by Gasteiger charge is 2.26. The van der Waals surface area contributed by atoms with Crippen LogP contribution in [0.5, 0.6) is 11.5 Å². The SMILES string of the molecule is COc1ccc(OC)c(N(CC(=O)N(C)Cc2ccc(C)cc2)S(C)(=O)=O)c1. The molecule has 7 nitrogen and oxygen atoms in total. The first-order valence-corrected chi connectivity index (χ1v) is 10.5. The highest BCUT2D eigenvalue weighted by atomic mass is 32.2. The predicted octanol–water partition coefficient (Wildman–Crippen LogP) is 2.44. The van der Waals surface area contributed by atoms with Crippen molar-refractivity contribution in [2.75, 3.05) is 38.4 Å². The van der Waals surface area contributed by atoms with Gasteiger partial charge in [-0.2, -0.15) is 0 Å². The van der Waals surface area contributed by atoms with Crippen molar-refractivity contribution < 1.29 is 22.7 Å². The van der Waals surface area contributed by atoms with Crippen LogP contribution >= 0.6 is 0 Å². The van der Waals surface area contributed by atoms with Gasteiger partial charge in [-0.05, 0) is 24.6 Å². The Balaban J connectivity index is 2.27. The Morgan fingerprint density at radius 3 is 2.21 bits per heavy atom. The molecule has 0 spiro atoms. The van der Waals surface area contributed by atoms with E-state index < -0.39 is 10.0 Å². The summed E-state index contributed by atoms with van der Waals surface area (Å²) in [4.78, 5) is 14.2. The number of hydrogen-bond donors (Lipinski definition) is 0. The molecular formula is C20H26N2O5S. The Labute approximate surface area is 166 Å². The van der Waals surface area contributed by atoms with E-state index >= 15 is 0 Å². The van der Waals surface area contributed by atoms with Crippen LogP contribution < -0.4 is 13.8 Å². The van der Waals surface area contributed by atoms with E-state index in [0.717, 1.165) is 21.7 Å². The number of sulfonamides is 1. The summed E-state index contributed by atoms with van der Waals surface area (Å²) in [6, 6.07) is 12.6. The molecule has 2 aromatic carbocycles. The number of methoxy groups -OCH3 is 2. The van der Waals surface area contributed by atoms with Crippen LogP contribution in [0.1, 0.15) is 11.1 Å². The second-order valence-corrected chi connectivity index (χ2v) is 8.45. The van der Waals surface area contributed by atoms with Crippen molar-refractivity contribution in [3.8, 4) is 11.5 Å². The first kappa shape index (κ1) is 21.6. The first-order valence-electron chi connectivity index (χ1n) is 8.65. The maximum atomic E-state index is 12.7. The van der Waals surface area contributed by atoms with Crippen LogP contribution in [-0.4, -0.2) is 53.3 Å². The van der Waals surface area contributed by atoms with Gasteiger partial charge in [-0.1, -0.05) is 29.8 Å². The highest BCUT2D eigenvalue weighted by molar-refractivity contribution is 7.92. The van der Waals surface area contributed by atoms with E-state index in [2.05, 4.69) is 0 Å². The quantitative estimate of drug-likeness (QED) is 0.673. The smallest absolute Gasteiger partial charge is 0.243 e. The lowest BCUT2D eigenvalue weighted by atomic mass is 10.1. The second kappa shape index (κ2) is 8.97. The Morgan fingerprint density at radius 2 is 1.68 bits per heavy atom. The minimum absolute atomic E-state index is 0.251. The summed E-state index contributed by atoms with van der Waals surface area (Å²) in [5.41, 5.74) is 2.35. The van der Waals surface area contributed by atoms with E-state index in [1.807, 2.05) is 31.2 Å². The van der Waals surface area contributed by atoms with Gasteiger partial charge in [0.1, 0.15) is 18.0 Å². The van der Waals surface area contributed by atoms with E-state index in [1.54, 1.807) is 19.2 Å². The van der Waals surface area contributed by atoms with E-state index in [-0.39, 0.29) is 18.1 Å². The molecular weight excluding hydrogens is 380 g/mol. The molecule has 0 unspecified atom stereocenters. The van der Waals surface area contributed by atoms with Gasteiger partial charge in [-0.15, -0.1) is 0 Å². The maximum Gasteiger partial charge on any atom is 0.243 e. The summed E-state index contributed by atoms with van der Waals surface area (Å²) >= 11 is 0. The van der Waals surface area contributed by atoms with Gasteiger partial charge in [0, 0.05) is 19.7 Å². The molecule has 0 saturated heterocycles. The molecule has 0 fully saturated rings. The molecule has 8 heteroatoms. The van der Waals surface area contributed by atoms with Crippen LogP contribution in [0, 0.1) is 6.92 Å². The molecule has 0 aliphatic rings. The highest BCUT2D eigenvalue weighted by Crippen LogP contribution is 2.33. The van der Waals surface area contributed by atoms with Crippen molar-refractivity contribution in [2.24, 2.45) is 0 Å². The third-order valence-electron chi connectivity index (χ3n) is 4.30. The van der Waals surface area contributed by atoms with Gasteiger partial charge in [0.2, 0.25) is 15.9 Å². The zero-order valence-electron chi connectivity index (χ0n) is 16.8. The van der Waals surface area contributed by atoms with Crippen molar-refractivity contribution in [3.63, 3.8) is 0 Å². The minimum Gasteiger partial charge on any atom is -0.497 e. The number of ether oxygens (including phenoxy) is 2. The fraction of sp³-hybridized carbons (Fsp3) is 0.350. The lowest BCUT2D eigenvalue weighted by Gasteiger charge is -2.26. The Kier molecular flexibility index (Phi) is 6.90.